The van der Waals surface area contributed by atoms with Gasteiger partial charge in [-0.05, 0) is 19.8 Å². The van der Waals surface area contributed by atoms with E-state index in [4.69, 9.17) is 10.5 Å². The van der Waals surface area contributed by atoms with Crippen LogP contribution >= 0.6 is 0 Å². The monoisotopic (exact) mass is 219 g/mol. The van der Waals surface area contributed by atoms with Gasteiger partial charge in [-0.25, -0.2) is 15.0 Å². The molecule has 84 valence electrons. The summed E-state index contributed by atoms with van der Waals surface area (Å²) in [5.41, 5.74) is 7.11. The summed E-state index contributed by atoms with van der Waals surface area (Å²) in [6, 6.07) is 0. The third-order valence-corrected chi connectivity index (χ3v) is 2.91. The lowest BCUT2D eigenvalue weighted by Crippen LogP contribution is -2.09. The molecule has 6 heteroatoms. The van der Waals surface area contributed by atoms with E-state index in [0.717, 1.165) is 18.5 Å². The molecule has 1 saturated heterocycles. The first kappa shape index (κ1) is 9.53. The highest BCUT2D eigenvalue weighted by molar-refractivity contribution is 5.81. The van der Waals surface area contributed by atoms with Crippen molar-refractivity contribution in [3.05, 3.63) is 12.7 Å². The molecule has 3 rings (SSSR count). The van der Waals surface area contributed by atoms with Gasteiger partial charge in [-0.2, -0.15) is 0 Å². The van der Waals surface area contributed by atoms with Crippen LogP contribution in [-0.4, -0.2) is 25.6 Å². The molecule has 2 atom stereocenters. The summed E-state index contributed by atoms with van der Waals surface area (Å²) in [6.07, 6.45) is 5.53. The number of ether oxygens (including phenoxy) is 1. The number of nitrogen functional groups attached to an aromatic ring is 1. The lowest BCUT2D eigenvalue weighted by Gasteiger charge is -2.12. The molecule has 0 aliphatic carbocycles. The standard InChI is InChI=1S/C10H13N5O/c1-6-2-3-7(16-6)15-5-14-8-9(11)12-4-13-10(8)15/h4-7H,2-3H2,1H3,(H2,11,12,13)/t6?,7-/m0/s1. The lowest BCUT2D eigenvalue weighted by molar-refractivity contribution is 0.0131. The van der Waals surface area contributed by atoms with E-state index in [1.807, 2.05) is 4.57 Å². The maximum atomic E-state index is 5.78. The molecule has 1 fully saturated rings. The Balaban J connectivity index is 2.08. The number of hydrogen-bond donors (Lipinski definition) is 1. The van der Waals surface area contributed by atoms with E-state index in [0.29, 0.717) is 17.4 Å². The third kappa shape index (κ3) is 1.34. The molecule has 2 aromatic heterocycles. The Hall–Kier alpha value is -1.69. The van der Waals surface area contributed by atoms with Gasteiger partial charge >= 0.3 is 0 Å². The Labute approximate surface area is 92.5 Å². The minimum atomic E-state index is 0.0225. The van der Waals surface area contributed by atoms with Gasteiger partial charge < -0.3 is 10.5 Å². The predicted octanol–water partition coefficient (Wildman–Crippen LogP) is 1.11. The third-order valence-electron chi connectivity index (χ3n) is 2.91. The molecule has 0 saturated carbocycles. The maximum Gasteiger partial charge on any atom is 0.167 e. The summed E-state index contributed by atoms with van der Waals surface area (Å²) < 4.78 is 7.70. The maximum absolute atomic E-state index is 5.78. The fourth-order valence-electron chi connectivity index (χ4n) is 2.07. The first-order chi connectivity index (χ1) is 7.75. The van der Waals surface area contributed by atoms with Gasteiger partial charge in [-0.15, -0.1) is 0 Å². The van der Waals surface area contributed by atoms with E-state index in [-0.39, 0.29) is 6.23 Å². The largest absolute Gasteiger partial charge is 0.382 e. The van der Waals surface area contributed by atoms with Crippen molar-refractivity contribution >= 4 is 17.0 Å². The number of fused-ring (bicyclic) bond motifs is 1. The second kappa shape index (κ2) is 3.41. The van der Waals surface area contributed by atoms with E-state index < -0.39 is 0 Å². The summed E-state index contributed by atoms with van der Waals surface area (Å²) >= 11 is 0. The van der Waals surface area contributed by atoms with Crippen LogP contribution in [-0.2, 0) is 4.74 Å². The Kier molecular flexibility index (Phi) is 2.03. The minimum Gasteiger partial charge on any atom is -0.382 e. The second-order valence-electron chi connectivity index (χ2n) is 4.06. The number of imidazole rings is 1. The van der Waals surface area contributed by atoms with Gasteiger partial charge in [-0.1, -0.05) is 0 Å². The molecular formula is C10H13N5O. The first-order valence-electron chi connectivity index (χ1n) is 5.34. The summed E-state index contributed by atoms with van der Waals surface area (Å²) in [5.74, 6) is 0.412. The molecule has 0 aromatic carbocycles. The molecule has 0 amide bonds. The highest BCUT2D eigenvalue weighted by Crippen LogP contribution is 2.30. The average molecular weight is 219 g/mol. The molecule has 2 aromatic rings. The summed E-state index contributed by atoms with van der Waals surface area (Å²) in [6.45, 7) is 2.07. The van der Waals surface area contributed by atoms with Crippen LogP contribution in [0.4, 0.5) is 5.82 Å². The van der Waals surface area contributed by atoms with Crippen LogP contribution in [0.25, 0.3) is 11.2 Å². The summed E-state index contributed by atoms with van der Waals surface area (Å²) in [7, 11) is 0. The Morgan fingerprint density at radius 2 is 2.25 bits per heavy atom. The highest BCUT2D eigenvalue weighted by Gasteiger charge is 2.25. The fraction of sp³-hybridized carbons (Fsp3) is 0.500. The van der Waals surface area contributed by atoms with Gasteiger partial charge in [0.2, 0.25) is 0 Å². The molecule has 1 aliphatic rings. The van der Waals surface area contributed by atoms with Crippen molar-refractivity contribution in [2.75, 3.05) is 5.73 Å². The number of hydrogen-bond acceptors (Lipinski definition) is 5. The zero-order chi connectivity index (χ0) is 11.1. The van der Waals surface area contributed by atoms with Gasteiger partial charge in [0.05, 0.1) is 12.4 Å². The van der Waals surface area contributed by atoms with Crippen LogP contribution in [0.1, 0.15) is 26.0 Å². The fourth-order valence-corrected chi connectivity index (χ4v) is 2.07. The molecule has 0 spiro atoms. The summed E-state index contributed by atoms with van der Waals surface area (Å²) in [4.78, 5) is 12.3. The van der Waals surface area contributed by atoms with Crippen LogP contribution < -0.4 is 5.73 Å². The van der Waals surface area contributed by atoms with Crippen molar-refractivity contribution in [3.63, 3.8) is 0 Å². The molecule has 16 heavy (non-hydrogen) atoms. The molecule has 3 heterocycles. The van der Waals surface area contributed by atoms with Crippen LogP contribution in [0, 0.1) is 0 Å². The van der Waals surface area contributed by atoms with Crippen molar-refractivity contribution in [2.45, 2.75) is 32.1 Å². The molecule has 0 bridgehead atoms. The number of nitrogens with two attached hydrogens (primary N) is 1. The molecule has 6 nitrogen and oxygen atoms in total. The van der Waals surface area contributed by atoms with Crippen LogP contribution in [0.3, 0.4) is 0 Å². The van der Waals surface area contributed by atoms with Crippen LogP contribution in [0.5, 0.6) is 0 Å². The van der Waals surface area contributed by atoms with Gasteiger partial charge in [-0.3, -0.25) is 4.57 Å². The van der Waals surface area contributed by atoms with E-state index in [1.165, 1.54) is 6.33 Å². The van der Waals surface area contributed by atoms with Crippen molar-refractivity contribution < 1.29 is 4.74 Å². The average Bonchev–Trinajstić information content (AvgIpc) is 2.84. The number of anilines is 1. The van der Waals surface area contributed by atoms with E-state index in [9.17, 15) is 0 Å². The van der Waals surface area contributed by atoms with E-state index in [2.05, 4.69) is 21.9 Å². The SMILES string of the molecule is CC1CC[C@@H](n2cnc3c(N)ncnc32)O1. The quantitative estimate of drug-likeness (QED) is 0.777. The lowest BCUT2D eigenvalue weighted by atomic mass is 10.2. The summed E-state index contributed by atoms with van der Waals surface area (Å²) in [5, 5.41) is 0. The normalized spacial score (nSPS) is 25.3. The van der Waals surface area contributed by atoms with E-state index in [1.54, 1.807) is 6.33 Å². The number of rotatable bonds is 1. The molecule has 0 radical (unpaired) electrons. The molecule has 1 aliphatic heterocycles. The zero-order valence-corrected chi connectivity index (χ0v) is 9.00. The number of aromatic nitrogens is 4. The van der Waals surface area contributed by atoms with Crippen LogP contribution in [0.2, 0.25) is 0 Å². The van der Waals surface area contributed by atoms with Gasteiger partial charge in [0.1, 0.15) is 18.1 Å². The van der Waals surface area contributed by atoms with E-state index >= 15 is 0 Å². The predicted molar refractivity (Wildman–Crippen MR) is 58.6 cm³/mol. The Morgan fingerprint density at radius 1 is 1.38 bits per heavy atom. The number of nitrogens with zero attached hydrogens (tertiary/aromatic N) is 4. The topological polar surface area (TPSA) is 78.9 Å². The molecular weight excluding hydrogens is 206 g/mol. The zero-order valence-electron chi connectivity index (χ0n) is 9.00. The van der Waals surface area contributed by atoms with Crippen molar-refractivity contribution in [1.29, 1.82) is 0 Å². The first-order valence-corrected chi connectivity index (χ1v) is 5.34. The Morgan fingerprint density at radius 3 is 3.00 bits per heavy atom. The minimum absolute atomic E-state index is 0.0225. The van der Waals surface area contributed by atoms with Gasteiger partial charge in [0, 0.05) is 0 Å². The Bertz CT molecular complexity index is 523. The van der Waals surface area contributed by atoms with Gasteiger partial charge in [0.25, 0.3) is 0 Å². The van der Waals surface area contributed by atoms with Crippen LogP contribution in [0.15, 0.2) is 12.7 Å². The second-order valence-corrected chi connectivity index (χ2v) is 4.06. The molecule has 2 N–H and O–H groups in total. The molecule has 1 unspecified atom stereocenters. The highest BCUT2D eigenvalue weighted by atomic mass is 16.5. The van der Waals surface area contributed by atoms with Gasteiger partial charge in [0.15, 0.2) is 11.5 Å². The van der Waals surface area contributed by atoms with Crippen molar-refractivity contribution in [3.8, 4) is 0 Å². The smallest absolute Gasteiger partial charge is 0.167 e. The van der Waals surface area contributed by atoms with Crippen molar-refractivity contribution in [1.82, 2.24) is 19.5 Å². The van der Waals surface area contributed by atoms with Crippen molar-refractivity contribution in [2.24, 2.45) is 0 Å².